The molecule has 0 radical (unpaired) electrons. The van der Waals surface area contributed by atoms with E-state index in [9.17, 15) is 18.0 Å². The van der Waals surface area contributed by atoms with Gasteiger partial charge in [-0.2, -0.15) is 4.31 Å². The smallest absolute Gasteiger partial charge is 0.338 e. The van der Waals surface area contributed by atoms with Gasteiger partial charge in [0.15, 0.2) is 12.8 Å². The van der Waals surface area contributed by atoms with Crippen molar-refractivity contribution in [2.45, 2.75) is 44.1 Å². The van der Waals surface area contributed by atoms with Crippen LogP contribution in [-0.4, -0.2) is 44.5 Å². The molecule has 2 aliphatic rings. The number of amides is 1. The van der Waals surface area contributed by atoms with E-state index in [1.54, 1.807) is 13.0 Å². The Morgan fingerprint density at radius 3 is 2.45 bits per heavy atom. The lowest BCUT2D eigenvalue weighted by Crippen LogP contribution is -2.33. The second-order valence-corrected chi connectivity index (χ2v) is 10.1. The van der Waals surface area contributed by atoms with Crippen LogP contribution < -0.4 is 4.74 Å². The van der Waals surface area contributed by atoms with Crippen LogP contribution in [0.25, 0.3) is 0 Å². The molecule has 1 unspecified atom stereocenters. The van der Waals surface area contributed by atoms with Gasteiger partial charge in [-0.3, -0.25) is 4.79 Å². The molecule has 1 amide bonds. The summed E-state index contributed by atoms with van der Waals surface area (Å²) in [5.41, 5.74) is 1.89. The molecule has 1 atom stereocenters. The van der Waals surface area contributed by atoms with Gasteiger partial charge in [0, 0.05) is 12.5 Å². The van der Waals surface area contributed by atoms with Gasteiger partial charge in [0.05, 0.1) is 18.2 Å². The molecule has 33 heavy (non-hydrogen) atoms. The predicted octanol–water partition coefficient (Wildman–Crippen LogP) is 3.38. The van der Waals surface area contributed by atoms with Gasteiger partial charge in [-0.1, -0.05) is 44.2 Å². The molecule has 0 N–H and O–H groups in total. The third-order valence-electron chi connectivity index (χ3n) is 5.73. The zero-order chi connectivity index (χ0) is 23.9. The first-order chi connectivity index (χ1) is 15.6. The highest BCUT2D eigenvalue weighted by Gasteiger charge is 2.45. The lowest BCUT2D eigenvalue weighted by molar-refractivity contribution is -0.139. The zero-order valence-corrected chi connectivity index (χ0v) is 19.6. The molecule has 0 fully saturated rings. The first-order valence-electron chi connectivity index (χ1n) is 10.5. The van der Waals surface area contributed by atoms with E-state index in [-0.39, 0.29) is 28.6 Å². The quantitative estimate of drug-likeness (QED) is 0.571. The second-order valence-electron chi connectivity index (χ2n) is 8.23. The topological polar surface area (TPSA) is 99.2 Å². The van der Waals surface area contributed by atoms with Crippen molar-refractivity contribution in [2.24, 2.45) is 0 Å². The van der Waals surface area contributed by atoms with Crippen LogP contribution in [0.4, 0.5) is 0 Å². The Bertz CT molecular complexity index is 1250. The maximum atomic E-state index is 13.2. The summed E-state index contributed by atoms with van der Waals surface area (Å²) < 4.78 is 43.4. The third-order valence-corrected chi connectivity index (χ3v) is 7.46. The van der Waals surface area contributed by atoms with Gasteiger partial charge in [-0.05, 0) is 30.0 Å². The van der Waals surface area contributed by atoms with Crippen LogP contribution in [0.15, 0.2) is 58.7 Å². The number of hydrogen-bond acceptors (Lipinski definition) is 7. The summed E-state index contributed by atoms with van der Waals surface area (Å²) in [6.07, 6.45) is -0.417. The predicted molar refractivity (Wildman–Crippen MR) is 119 cm³/mol. The number of hydrogen-bond donors (Lipinski definition) is 0. The number of fused-ring (bicyclic) bond motifs is 1. The maximum Gasteiger partial charge on any atom is 0.338 e. The molecule has 2 aromatic rings. The number of carbonyl (C=O) groups is 2. The van der Waals surface area contributed by atoms with Crippen LogP contribution >= 0.6 is 0 Å². The highest BCUT2D eigenvalue weighted by molar-refractivity contribution is 7.90. The van der Waals surface area contributed by atoms with Gasteiger partial charge in [-0.25, -0.2) is 13.2 Å². The van der Waals surface area contributed by atoms with E-state index < -0.39 is 34.7 Å². The molecule has 4 rings (SSSR count). The number of rotatable bonds is 7. The molecular weight excluding hydrogens is 446 g/mol. The number of benzene rings is 2. The molecule has 9 heteroatoms. The minimum Gasteiger partial charge on any atom is -0.497 e. The van der Waals surface area contributed by atoms with Gasteiger partial charge < -0.3 is 14.2 Å². The highest BCUT2D eigenvalue weighted by Crippen LogP contribution is 2.39. The lowest BCUT2D eigenvalue weighted by Gasteiger charge is -2.18. The van der Waals surface area contributed by atoms with Gasteiger partial charge in [-0.15, -0.1) is 0 Å². The molecular formula is C24H25NO7S. The van der Waals surface area contributed by atoms with Crippen LogP contribution in [-0.2, 0) is 30.7 Å². The van der Waals surface area contributed by atoms with Gasteiger partial charge >= 0.3 is 5.97 Å². The molecule has 2 aromatic carbocycles. The molecule has 0 saturated heterocycles. The van der Waals surface area contributed by atoms with Crippen molar-refractivity contribution in [2.75, 3.05) is 13.8 Å². The van der Waals surface area contributed by atoms with Crippen molar-refractivity contribution >= 4 is 21.9 Å². The van der Waals surface area contributed by atoms with E-state index in [0.717, 1.165) is 5.56 Å². The van der Waals surface area contributed by atoms with Crippen LogP contribution in [0.3, 0.4) is 0 Å². The number of methoxy groups -OCH3 is 1. The van der Waals surface area contributed by atoms with Crippen molar-refractivity contribution in [1.29, 1.82) is 0 Å². The van der Waals surface area contributed by atoms with Crippen molar-refractivity contribution in [3.63, 3.8) is 0 Å². The first kappa shape index (κ1) is 22.8. The van der Waals surface area contributed by atoms with Gasteiger partial charge in [0.2, 0.25) is 0 Å². The number of nitrogens with zero attached hydrogens (tertiary/aromatic N) is 1. The molecule has 0 bridgehead atoms. The Morgan fingerprint density at radius 2 is 1.82 bits per heavy atom. The van der Waals surface area contributed by atoms with Crippen molar-refractivity contribution in [3.8, 4) is 5.75 Å². The Hall–Kier alpha value is -3.33. The first-order valence-corrected chi connectivity index (χ1v) is 12.0. The van der Waals surface area contributed by atoms with E-state index in [2.05, 4.69) is 0 Å². The Kier molecular flexibility index (Phi) is 5.92. The van der Waals surface area contributed by atoms with Crippen molar-refractivity contribution in [1.82, 2.24) is 4.31 Å². The highest BCUT2D eigenvalue weighted by atomic mass is 32.2. The molecule has 2 aliphatic heterocycles. The monoisotopic (exact) mass is 471 g/mol. The fourth-order valence-electron chi connectivity index (χ4n) is 4.02. The summed E-state index contributed by atoms with van der Waals surface area (Å²) in [5, 5.41) is 0. The van der Waals surface area contributed by atoms with E-state index in [1.807, 2.05) is 44.2 Å². The number of esters is 1. The zero-order valence-electron chi connectivity index (χ0n) is 18.8. The number of sulfonamides is 1. The molecule has 8 nitrogen and oxygen atoms in total. The SMILES string of the molecule is COc1cc(C(C)C)c2c(c1)S(=O)(=O)N(COC1=C(Cc3ccccc3)C(=O)OC1C)C2=O. The van der Waals surface area contributed by atoms with Crippen molar-refractivity contribution < 1.29 is 32.2 Å². The summed E-state index contributed by atoms with van der Waals surface area (Å²) >= 11 is 0. The fraction of sp³-hybridized carbons (Fsp3) is 0.333. The van der Waals surface area contributed by atoms with E-state index in [0.29, 0.717) is 21.2 Å². The summed E-state index contributed by atoms with van der Waals surface area (Å²) in [6, 6.07) is 12.3. The van der Waals surface area contributed by atoms with Crippen LogP contribution in [0, 0.1) is 0 Å². The Labute approximate surface area is 192 Å². The maximum absolute atomic E-state index is 13.2. The van der Waals surface area contributed by atoms with Crippen LogP contribution in [0.2, 0.25) is 0 Å². The largest absolute Gasteiger partial charge is 0.497 e. The minimum absolute atomic E-state index is 0.102. The molecule has 0 spiro atoms. The summed E-state index contributed by atoms with van der Waals surface area (Å²) in [6.45, 7) is 4.82. The minimum atomic E-state index is -4.15. The summed E-state index contributed by atoms with van der Waals surface area (Å²) in [5.74, 6) is -0.709. The molecule has 0 saturated carbocycles. The fourth-order valence-corrected chi connectivity index (χ4v) is 5.49. The molecule has 2 heterocycles. The molecule has 174 valence electrons. The molecule has 0 aliphatic carbocycles. The Balaban J connectivity index is 1.66. The Morgan fingerprint density at radius 1 is 1.12 bits per heavy atom. The van der Waals surface area contributed by atoms with E-state index in [1.165, 1.54) is 13.2 Å². The average Bonchev–Trinajstić information content (AvgIpc) is 3.15. The van der Waals surface area contributed by atoms with E-state index in [4.69, 9.17) is 14.2 Å². The van der Waals surface area contributed by atoms with Gasteiger partial charge in [0.1, 0.15) is 16.4 Å². The summed E-state index contributed by atoms with van der Waals surface area (Å²) in [7, 11) is -2.71. The number of ether oxygens (including phenoxy) is 3. The number of cyclic esters (lactones) is 1. The normalized spacial score (nSPS) is 19.2. The number of carbonyl (C=O) groups excluding carboxylic acids is 2. The lowest BCUT2D eigenvalue weighted by atomic mass is 9.96. The standard InChI is InChI=1S/C24H25NO7S/c1-14(2)18-11-17(30-4)12-20-21(18)23(26)25(33(20,28)29)13-31-22-15(3)32-24(27)19(22)10-16-8-6-5-7-9-16/h5-9,11-12,14-15H,10,13H2,1-4H3. The van der Waals surface area contributed by atoms with Crippen LogP contribution in [0.1, 0.15) is 48.2 Å². The van der Waals surface area contributed by atoms with Crippen molar-refractivity contribution in [3.05, 3.63) is 70.5 Å². The van der Waals surface area contributed by atoms with Crippen LogP contribution in [0.5, 0.6) is 5.75 Å². The average molecular weight is 472 g/mol. The van der Waals surface area contributed by atoms with Gasteiger partial charge in [0.25, 0.3) is 15.9 Å². The molecule has 0 aromatic heterocycles. The third kappa shape index (κ3) is 3.97. The second kappa shape index (κ2) is 8.55. The summed E-state index contributed by atoms with van der Waals surface area (Å²) in [4.78, 5) is 25.4. The van der Waals surface area contributed by atoms with E-state index >= 15 is 0 Å².